The number of nitrogens with zero attached hydrogens (tertiary/aromatic N) is 2. The summed E-state index contributed by atoms with van der Waals surface area (Å²) in [7, 11) is 1.33. The number of hydrogen-bond acceptors (Lipinski definition) is 4. The van der Waals surface area contributed by atoms with Crippen molar-refractivity contribution in [2.75, 3.05) is 35.7 Å². The van der Waals surface area contributed by atoms with Gasteiger partial charge < -0.3 is 24.8 Å². The number of methoxy groups -OCH3 is 1. The van der Waals surface area contributed by atoms with Crippen LogP contribution in [0.25, 0.3) is 5.69 Å². The van der Waals surface area contributed by atoms with Crippen LogP contribution in [0.1, 0.15) is 38.2 Å². The summed E-state index contributed by atoms with van der Waals surface area (Å²) in [6.07, 6.45) is 1.74. The molecule has 9 heteroatoms. The molecule has 0 radical (unpaired) electrons. The van der Waals surface area contributed by atoms with Crippen LogP contribution in [0, 0.1) is 11.8 Å². The average molecular weight is 531 g/mol. The van der Waals surface area contributed by atoms with Crippen molar-refractivity contribution in [1.82, 2.24) is 4.57 Å². The van der Waals surface area contributed by atoms with Crippen molar-refractivity contribution in [2.24, 2.45) is 11.8 Å². The molecule has 0 fully saturated rings. The van der Waals surface area contributed by atoms with Crippen LogP contribution in [-0.4, -0.2) is 36.8 Å². The summed E-state index contributed by atoms with van der Waals surface area (Å²) in [5.41, 5.74) is 2.65. The number of amides is 2. The third kappa shape index (κ3) is 6.74. The van der Waals surface area contributed by atoms with Gasteiger partial charge in [0.25, 0.3) is 0 Å². The fraction of sp³-hybridized carbons (Fsp3) is 0.333. The minimum atomic E-state index is -0.479. The number of anilines is 3. The van der Waals surface area contributed by atoms with Gasteiger partial charge in [-0.25, -0.2) is 9.59 Å². The Morgan fingerprint density at radius 1 is 0.917 bits per heavy atom. The maximum Gasteiger partial charge on any atom is 0.355 e. The van der Waals surface area contributed by atoms with Gasteiger partial charge in [0, 0.05) is 25.0 Å². The first-order chi connectivity index (χ1) is 17.1. The van der Waals surface area contributed by atoms with Crippen molar-refractivity contribution < 1.29 is 14.3 Å². The van der Waals surface area contributed by atoms with Crippen molar-refractivity contribution in [2.45, 2.75) is 27.7 Å². The Hall–Kier alpha value is -3.16. The zero-order valence-corrected chi connectivity index (χ0v) is 22.7. The molecule has 3 rings (SSSR count). The fourth-order valence-electron chi connectivity index (χ4n) is 3.99. The summed E-state index contributed by atoms with van der Waals surface area (Å²) < 4.78 is 6.59. The van der Waals surface area contributed by atoms with Crippen molar-refractivity contribution in [1.29, 1.82) is 0 Å². The van der Waals surface area contributed by atoms with Crippen LogP contribution in [-0.2, 0) is 4.74 Å². The molecule has 1 aromatic heterocycles. The van der Waals surface area contributed by atoms with Gasteiger partial charge in [-0.3, -0.25) is 0 Å². The average Bonchev–Trinajstić information content (AvgIpc) is 3.29. The van der Waals surface area contributed by atoms with E-state index in [1.807, 2.05) is 0 Å². The third-order valence-corrected chi connectivity index (χ3v) is 5.94. The number of aromatic nitrogens is 1. The van der Waals surface area contributed by atoms with Gasteiger partial charge in [-0.1, -0.05) is 63.0 Å². The molecule has 2 N–H and O–H groups in total. The van der Waals surface area contributed by atoms with E-state index in [0.29, 0.717) is 50.3 Å². The van der Waals surface area contributed by atoms with E-state index in [1.54, 1.807) is 59.3 Å². The molecule has 0 bridgehead atoms. The van der Waals surface area contributed by atoms with Gasteiger partial charge in [0.15, 0.2) is 0 Å². The molecule has 2 aromatic carbocycles. The second-order valence-corrected chi connectivity index (χ2v) is 10.1. The second-order valence-electron chi connectivity index (χ2n) is 9.33. The molecular weight excluding hydrogens is 499 g/mol. The maximum atomic E-state index is 13.1. The van der Waals surface area contributed by atoms with E-state index in [4.69, 9.17) is 27.9 Å². The topological polar surface area (TPSA) is 75.6 Å². The van der Waals surface area contributed by atoms with Gasteiger partial charge in [-0.15, -0.1) is 0 Å². The van der Waals surface area contributed by atoms with E-state index in [9.17, 15) is 9.59 Å². The summed E-state index contributed by atoms with van der Waals surface area (Å²) in [4.78, 5) is 27.5. The number of halogens is 2. The number of carbonyl (C=O) groups excluding carboxylic acids is 2. The predicted molar refractivity (Wildman–Crippen MR) is 148 cm³/mol. The zero-order chi connectivity index (χ0) is 26.4. The van der Waals surface area contributed by atoms with Gasteiger partial charge in [0.2, 0.25) is 0 Å². The molecule has 0 spiro atoms. The fourth-order valence-corrected chi connectivity index (χ4v) is 4.51. The number of urea groups is 1. The van der Waals surface area contributed by atoms with Crippen LogP contribution in [0.5, 0.6) is 0 Å². The SMILES string of the molecule is COC(=O)c1cccn1-c1cc(Cl)c(N(CC(C)C)CC(C)C)c(NC(=O)Nc2ccccc2Cl)c1. The van der Waals surface area contributed by atoms with E-state index in [1.165, 1.54) is 7.11 Å². The maximum absolute atomic E-state index is 13.1. The molecule has 0 atom stereocenters. The molecule has 1 heterocycles. The van der Waals surface area contributed by atoms with E-state index >= 15 is 0 Å². The molecule has 0 aliphatic carbocycles. The molecule has 7 nitrogen and oxygen atoms in total. The Labute approximate surface area is 222 Å². The summed E-state index contributed by atoms with van der Waals surface area (Å²) >= 11 is 13.1. The molecule has 3 aromatic rings. The van der Waals surface area contributed by atoms with Gasteiger partial charge in [-0.2, -0.15) is 0 Å². The summed E-state index contributed by atoms with van der Waals surface area (Å²) in [6, 6.07) is 13.5. The normalized spacial score (nSPS) is 11.0. The van der Waals surface area contributed by atoms with Gasteiger partial charge in [-0.05, 0) is 48.2 Å². The number of rotatable bonds is 9. The quantitative estimate of drug-likeness (QED) is 0.284. The molecule has 192 valence electrons. The summed E-state index contributed by atoms with van der Waals surface area (Å²) in [6.45, 7) is 10.0. The Morgan fingerprint density at radius 2 is 1.56 bits per heavy atom. The highest BCUT2D eigenvalue weighted by Gasteiger charge is 2.22. The zero-order valence-electron chi connectivity index (χ0n) is 21.1. The Balaban J connectivity index is 2.09. The van der Waals surface area contributed by atoms with Crippen LogP contribution < -0.4 is 15.5 Å². The van der Waals surface area contributed by atoms with E-state index in [0.717, 1.165) is 13.1 Å². The molecule has 2 amide bonds. The number of ether oxygens (including phenoxy) is 1. The third-order valence-electron chi connectivity index (χ3n) is 5.33. The monoisotopic (exact) mass is 530 g/mol. The number of para-hydroxylation sites is 1. The largest absolute Gasteiger partial charge is 0.464 e. The lowest BCUT2D eigenvalue weighted by Gasteiger charge is -2.31. The van der Waals surface area contributed by atoms with Gasteiger partial charge in [0.05, 0.1) is 34.2 Å². The molecule has 0 aliphatic heterocycles. The first kappa shape index (κ1) is 27.4. The lowest BCUT2D eigenvalue weighted by atomic mass is 10.1. The number of hydrogen-bond donors (Lipinski definition) is 2. The number of benzene rings is 2. The highest BCUT2D eigenvalue weighted by atomic mass is 35.5. The minimum Gasteiger partial charge on any atom is -0.464 e. The Bertz CT molecular complexity index is 1210. The second kappa shape index (κ2) is 12.2. The first-order valence-electron chi connectivity index (χ1n) is 11.8. The Morgan fingerprint density at radius 3 is 2.17 bits per heavy atom. The van der Waals surface area contributed by atoms with Crippen LogP contribution in [0.2, 0.25) is 10.0 Å². The smallest absolute Gasteiger partial charge is 0.355 e. The molecular formula is C27H32Cl2N4O3. The van der Waals surface area contributed by atoms with Crippen LogP contribution in [0.4, 0.5) is 21.9 Å². The lowest BCUT2D eigenvalue weighted by molar-refractivity contribution is 0.0591. The summed E-state index contributed by atoms with van der Waals surface area (Å²) in [5.74, 6) is 0.242. The summed E-state index contributed by atoms with van der Waals surface area (Å²) in [5, 5.41) is 6.63. The lowest BCUT2D eigenvalue weighted by Crippen LogP contribution is -2.33. The number of nitrogens with one attached hydrogen (secondary N) is 2. The van der Waals surface area contributed by atoms with Crippen molar-refractivity contribution >= 4 is 52.3 Å². The van der Waals surface area contributed by atoms with Crippen LogP contribution >= 0.6 is 23.2 Å². The molecule has 36 heavy (non-hydrogen) atoms. The van der Waals surface area contributed by atoms with Crippen molar-refractivity contribution in [3.63, 3.8) is 0 Å². The molecule has 0 aliphatic rings. The first-order valence-corrected chi connectivity index (χ1v) is 12.5. The van der Waals surface area contributed by atoms with Gasteiger partial charge >= 0.3 is 12.0 Å². The standard InChI is InChI=1S/C27H32Cl2N4O3/c1-17(2)15-32(16-18(3)4)25-21(29)13-19(33-12-8-11-24(33)26(34)36-5)14-23(25)31-27(35)30-22-10-7-6-9-20(22)28/h6-14,17-18H,15-16H2,1-5H3,(H2,30,31,35). The van der Waals surface area contributed by atoms with Crippen molar-refractivity contribution in [3.05, 3.63) is 70.5 Å². The van der Waals surface area contributed by atoms with Crippen LogP contribution in [0.3, 0.4) is 0 Å². The molecule has 0 saturated heterocycles. The predicted octanol–water partition coefficient (Wildman–Crippen LogP) is 7.33. The highest BCUT2D eigenvalue weighted by Crippen LogP contribution is 2.38. The van der Waals surface area contributed by atoms with E-state index < -0.39 is 12.0 Å². The van der Waals surface area contributed by atoms with Gasteiger partial charge in [0.1, 0.15) is 5.69 Å². The van der Waals surface area contributed by atoms with Crippen molar-refractivity contribution in [3.8, 4) is 5.69 Å². The minimum absolute atomic E-state index is 0.342. The van der Waals surface area contributed by atoms with Crippen LogP contribution in [0.15, 0.2) is 54.7 Å². The molecule has 0 unspecified atom stereocenters. The number of esters is 1. The van der Waals surface area contributed by atoms with E-state index in [2.05, 4.69) is 43.2 Å². The highest BCUT2D eigenvalue weighted by molar-refractivity contribution is 6.35. The number of carbonyl (C=O) groups is 2. The Kier molecular flexibility index (Phi) is 9.29. The molecule has 0 saturated carbocycles. The van der Waals surface area contributed by atoms with E-state index in [-0.39, 0.29) is 0 Å².